The molecule has 14 heavy (non-hydrogen) atoms. The van der Waals surface area contributed by atoms with Gasteiger partial charge in [-0.15, -0.1) is 0 Å². The molecular weight excluding hydrogens is 172 g/mol. The Morgan fingerprint density at radius 2 is 1.71 bits per heavy atom. The van der Waals surface area contributed by atoms with Crippen LogP contribution in [0.3, 0.4) is 0 Å². The van der Waals surface area contributed by atoms with E-state index in [0.717, 1.165) is 13.0 Å². The molecule has 0 aliphatic carbocycles. The summed E-state index contributed by atoms with van der Waals surface area (Å²) in [6.45, 7) is 6.52. The molecule has 0 bridgehead atoms. The minimum atomic E-state index is 0.833. The maximum atomic E-state index is 5.05. The van der Waals surface area contributed by atoms with Crippen LogP contribution in [-0.2, 0) is 4.74 Å². The molecule has 0 N–H and O–H groups in total. The van der Waals surface area contributed by atoms with E-state index in [2.05, 4.69) is 25.7 Å². The van der Waals surface area contributed by atoms with Crippen LogP contribution in [0.4, 0.5) is 0 Å². The highest BCUT2D eigenvalue weighted by atomic mass is 16.5. The fourth-order valence-corrected chi connectivity index (χ4v) is 1.35. The van der Waals surface area contributed by atoms with E-state index in [1.165, 1.54) is 44.8 Å². The number of allylic oxidation sites excluding steroid dienone is 2. The van der Waals surface area contributed by atoms with E-state index in [9.17, 15) is 0 Å². The van der Waals surface area contributed by atoms with E-state index >= 15 is 0 Å². The Bertz CT molecular complexity index is 138. The Morgan fingerprint density at radius 1 is 1.00 bits per heavy atom. The average Bonchev–Trinajstić information content (AvgIpc) is 2.21. The Labute approximate surface area is 88.9 Å². The van der Waals surface area contributed by atoms with E-state index in [0.29, 0.717) is 0 Å². The Morgan fingerprint density at radius 3 is 2.43 bits per heavy atom. The van der Waals surface area contributed by atoms with E-state index in [1.54, 1.807) is 0 Å². The van der Waals surface area contributed by atoms with E-state index in [4.69, 9.17) is 4.74 Å². The summed E-state index contributed by atoms with van der Waals surface area (Å²) in [5.74, 6) is 0. The van der Waals surface area contributed by atoms with E-state index in [-0.39, 0.29) is 0 Å². The monoisotopic (exact) mass is 196 g/mol. The van der Waals surface area contributed by atoms with Crippen molar-refractivity contribution in [2.75, 3.05) is 6.61 Å². The second-order valence-electron chi connectivity index (χ2n) is 3.47. The zero-order valence-corrected chi connectivity index (χ0v) is 9.50. The third-order valence-electron chi connectivity index (χ3n) is 2.15. The Hall–Kier alpha value is -0.720. The van der Waals surface area contributed by atoms with Crippen molar-refractivity contribution in [2.45, 2.75) is 51.9 Å². The van der Waals surface area contributed by atoms with Crippen LogP contribution in [0.2, 0.25) is 0 Å². The van der Waals surface area contributed by atoms with Gasteiger partial charge in [0.15, 0.2) is 0 Å². The molecule has 0 saturated heterocycles. The van der Waals surface area contributed by atoms with Gasteiger partial charge in [-0.3, -0.25) is 0 Å². The first-order valence-corrected chi connectivity index (χ1v) is 5.79. The minimum Gasteiger partial charge on any atom is -0.502 e. The lowest BCUT2D eigenvalue weighted by Gasteiger charge is -2.00. The first kappa shape index (κ1) is 13.3. The van der Waals surface area contributed by atoms with Crippen molar-refractivity contribution < 1.29 is 4.74 Å². The van der Waals surface area contributed by atoms with Crippen LogP contribution < -0.4 is 0 Å². The second kappa shape index (κ2) is 12.3. The minimum absolute atomic E-state index is 0.833. The standard InChI is InChI=1S/C13H24O/c1-3-5-6-7-8-9-10-11-12-13-14-4-2/h4-6H,2-3,7-13H2,1H3/b6-5+. The van der Waals surface area contributed by atoms with Crippen LogP contribution in [-0.4, -0.2) is 6.61 Å². The maximum Gasteiger partial charge on any atom is 0.0873 e. The summed E-state index contributed by atoms with van der Waals surface area (Å²) in [7, 11) is 0. The fourth-order valence-electron chi connectivity index (χ4n) is 1.35. The molecule has 0 rings (SSSR count). The predicted molar refractivity (Wildman–Crippen MR) is 63.3 cm³/mol. The smallest absolute Gasteiger partial charge is 0.0873 e. The molecule has 0 aliphatic rings. The summed E-state index contributed by atoms with van der Waals surface area (Å²) in [5.41, 5.74) is 0. The van der Waals surface area contributed by atoms with E-state index in [1.807, 2.05) is 0 Å². The van der Waals surface area contributed by atoms with Gasteiger partial charge in [-0.05, 0) is 25.7 Å². The summed E-state index contributed by atoms with van der Waals surface area (Å²) in [6.07, 6.45) is 14.9. The number of ether oxygens (including phenoxy) is 1. The third-order valence-corrected chi connectivity index (χ3v) is 2.15. The first-order valence-electron chi connectivity index (χ1n) is 5.79. The van der Waals surface area contributed by atoms with Crippen molar-refractivity contribution in [3.63, 3.8) is 0 Å². The van der Waals surface area contributed by atoms with Gasteiger partial charge in [0, 0.05) is 0 Å². The van der Waals surface area contributed by atoms with Crippen molar-refractivity contribution in [3.8, 4) is 0 Å². The van der Waals surface area contributed by atoms with Gasteiger partial charge in [-0.2, -0.15) is 0 Å². The molecule has 82 valence electrons. The van der Waals surface area contributed by atoms with Gasteiger partial charge in [-0.25, -0.2) is 0 Å². The number of unbranched alkanes of at least 4 members (excludes halogenated alkanes) is 5. The molecule has 0 aromatic rings. The van der Waals surface area contributed by atoms with Crippen LogP contribution in [0.5, 0.6) is 0 Å². The molecule has 0 amide bonds. The highest BCUT2D eigenvalue weighted by Crippen LogP contribution is 2.06. The molecule has 1 nitrogen and oxygen atoms in total. The van der Waals surface area contributed by atoms with Gasteiger partial charge >= 0.3 is 0 Å². The summed E-state index contributed by atoms with van der Waals surface area (Å²) in [6, 6.07) is 0. The number of hydrogen-bond acceptors (Lipinski definition) is 1. The molecule has 0 fully saturated rings. The molecule has 0 radical (unpaired) electrons. The SMILES string of the molecule is C=COCCCCCCC/C=C/CC. The quantitative estimate of drug-likeness (QED) is 0.285. The number of hydrogen-bond donors (Lipinski definition) is 0. The molecular formula is C13H24O. The van der Waals surface area contributed by atoms with Gasteiger partial charge in [0.25, 0.3) is 0 Å². The summed E-state index contributed by atoms with van der Waals surface area (Å²) < 4.78 is 5.05. The van der Waals surface area contributed by atoms with Crippen molar-refractivity contribution in [1.29, 1.82) is 0 Å². The predicted octanol–water partition coefficient (Wildman–Crippen LogP) is 4.45. The van der Waals surface area contributed by atoms with Gasteiger partial charge in [-0.1, -0.05) is 44.9 Å². The summed E-state index contributed by atoms with van der Waals surface area (Å²) in [5, 5.41) is 0. The van der Waals surface area contributed by atoms with Crippen LogP contribution in [0.25, 0.3) is 0 Å². The third kappa shape index (κ3) is 11.3. The molecule has 0 aromatic heterocycles. The first-order chi connectivity index (χ1) is 6.91. The molecule has 0 saturated carbocycles. The Kier molecular flexibility index (Phi) is 11.6. The van der Waals surface area contributed by atoms with Crippen LogP contribution >= 0.6 is 0 Å². The summed E-state index contributed by atoms with van der Waals surface area (Å²) in [4.78, 5) is 0. The molecule has 1 heteroatoms. The molecule has 0 unspecified atom stereocenters. The van der Waals surface area contributed by atoms with Crippen molar-refractivity contribution in [3.05, 3.63) is 25.0 Å². The van der Waals surface area contributed by atoms with Gasteiger partial charge in [0.05, 0.1) is 12.9 Å². The molecule has 0 atom stereocenters. The average molecular weight is 196 g/mol. The van der Waals surface area contributed by atoms with Crippen LogP contribution in [0.1, 0.15) is 51.9 Å². The van der Waals surface area contributed by atoms with Crippen molar-refractivity contribution in [1.82, 2.24) is 0 Å². The second-order valence-corrected chi connectivity index (χ2v) is 3.47. The lowest BCUT2D eigenvalue weighted by Crippen LogP contribution is -1.87. The van der Waals surface area contributed by atoms with Gasteiger partial charge < -0.3 is 4.74 Å². The topological polar surface area (TPSA) is 9.23 Å². The van der Waals surface area contributed by atoms with Crippen molar-refractivity contribution >= 4 is 0 Å². The molecule has 0 aliphatic heterocycles. The highest BCUT2D eigenvalue weighted by molar-refractivity contribution is 4.79. The molecule has 0 heterocycles. The van der Waals surface area contributed by atoms with Crippen LogP contribution in [0, 0.1) is 0 Å². The Balaban J connectivity index is 2.91. The maximum absolute atomic E-state index is 5.05. The lowest BCUT2D eigenvalue weighted by molar-refractivity contribution is 0.241. The van der Waals surface area contributed by atoms with Crippen molar-refractivity contribution in [2.24, 2.45) is 0 Å². The molecule has 0 aromatic carbocycles. The summed E-state index contributed by atoms with van der Waals surface area (Å²) >= 11 is 0. The lowest BCUT2D eigenvalue weighted by atomic mass is 10.1. The number of rotatable bonds is 10. The molecule has 0 spiro atoms. The highest BCUT2D eigenvalue weighted by Gasteiger charge is 1.89. The fraction of sp³-hybridized carbons (Fsp3) is 0.692. The zero-order chi connectivity index (χ0) is 10.5. The largest absolute Gasteiger partial charge is 0.502 e. The normalized spacial score (nSPS) is 10.6. The van der Waals surface area contributed by atoms with Gasteiger partial charge in [0.1, 0.15) is 0 Å². The van der Waals surface area contributed by atoms with Gasteiger partial charge in [0.2, 0.25) is 0 Å². The van der Waals surface area contributed by atoms with E-state index < -0.39 is 0 Å². The van der Waals surface area contributed by atoms with Crippen LogP contribution in [0.15, 0.2) is 25.0 Å². The zero-order valence-electron chi connectivity index (χ0n) is 9.50.